The lowest BCUT2D eigenvalue weighted by Gasteiger charge is -2.15. The van der Waals surface area contributed by atoms with Gasteiger partial charge in [0, 0.05) is 30.8 Å². The van der Waals surface area contributed by atoms with Gasteiger partial charge in [-0.2, -0.15) is 0 Å². The molecule has 2 aromatic carbocycles. The Morgan fingerprint density at radius 3 is 2.35 bits per heavy atom. The molecule has 31 heavy (non-hydrogen) atoms. The Bertz CT molecular complexity index is 1660. The van der Waals surface area contributed by atoms with Crippen LogP contribution in [0.4, 0.5) is 0 Å². The normalized spacial score (nSPS) is 15.2. The van der Waals surface area contributed by atoms with E-state index in [2.05, 4.69) is 4.98 Å². The quantitative estimate of drug-likeness (QED) is 0.302. The predicted molar refractivity (Wildman–Crippen MR) is 127 cm³/mol. The van der Waals surface area contributed by atoms with Crippen LogP contribution < -0.4 is 4.57 Å². The summed E-state index contributed by atoms with van der Waals surface area (Å²) >= 11 is 0. The standard InChI is InChI=1S/C28H27N2O/c1-16-14-18(3)24(19(4)15-16)23-8-7-13-30(6)26(23)25-17(2)9-11-21-22-12-10-20(5)29-28(22)31-27(21)25/h7-15H,1-6H3/q+1/i3D3,4D3. The van der Waals surface area contributed by atoms with Gasteiger partial charge in [0.2, 0.25) is 11.4 Å². The summed E-state index contributed by atoms with van der Waals surface area (Å²) in [6.45, 7) is 0.540. The summed E-state index contributed by atoms with van der Waals surface area (Å²) in [6.07, 6.45) is 1.86. The minimum Gasteiger partial charge on any atom is -0.437 e. The van der Waals surface area contributed by atoms with Crippen LogP contribution in [0.3, 0.4) is 0 Å². The van der Waals surface area contributed by atoms with Gasteiger partial charge < -0.3 is 4.42 Å². The number of fused-ring (bicyclic) bond motifs is 3. The van der Waals surface area contributed by atoms with E-state index in [4.69, 9.17) is 12.6 Å². The molecule has 0 fully saturated rings. The Morgan fingerprint density at radius 1 is 0.871 bits per heavy atom. The lowest BCUT2D eigenvalue weighted by atomic mass is 9.89. The lowest BCUT2D eigenvalue weighted by Crippen LogP contribution is -2.31. The van der Waals surface area contributed by atoms with Gasteiger partial charge in [-0.15, -0.1) is 0 Å². The summed E-state index contributed by atoms with van der Waals surface area (Å²) in [5.74, 6) is 0. The number of pyridine rings is 2. The van der Waals surface area contributed by atoms with Gasteiger partial charge in [0.05, 0.1) is 11.1 Å². The molecule has 0 N–H and O–H groups in total. The number of benzene rings is 2. The molecule has 5 aromatic rings. The summed E-state index contributed by atoms with van der Waals surface area (Å²) in [5, 5.41) is 1.76. The number of furan rings is 1. The molecule has 0 radical (unpaired) electrons. The number of aryl methyl sites for hydroxylation is 6. The van der Waals surface area contributed by atoms with Gasteiger partial charge in [-0.1, -0.05) is 29.8 Å². The molecule has 3 heterocycles. The van der Waals surface area contributed by atoms with Crippen LogP contribution in [0.1, 0.15) is 36.2 Å². The SMILES string of the molecule is [2H]C([2H])([2H])c1cc(C)cc(C([2H])([2H])[2H])c1-c1ccc[n+](C)c1-c1c(C)ccc2c1oc1nc(C)ccc12. The lowest BCUT2D eigenvalue weighted by molar-refractivity contribution is -0.659. The highest BCUT2D eigenvalue weighted by Gasteiger charge is 2.26. The van der Waals surface area contributed by atoms with E-state index >= 15 is 0 Å². The topological polar surface area (TPSA) is 29.9 Å². The van der Waals surface area contributed by atoms with Gasteiger partial charge in [-0.3, -0.25) is 0 Å². The second-order valence-corrected chi connectivity index (χ2v) is 8.16. The fourth-order valence-corrected chi connectivity index (χ4v) is 4.41. The zero-order valence-corrected chi connectivity index (χ0v) is 18.0. The molecule has 0 aliphatic rings. The second-order valence-electron chi connectivity index (χ2n) is 8.16. The zero-order valence-electron chi connectivity index (χ0n) is 24.0. The van der Waals surface area contributed by atoms with Gasteiger partial charge in [0.15, 0.2) is 11.8 Å². The molecular formula is C28H27N2O+. The van der Waals surface area contributed by atoms with E-state index in [0.29, 0.717) is 28.1 Å². The molecule has 0 aliphatic heterocycles. The number of nitrogens with zero attached hydrogens (tertiary/aromatic N) is 2. The summed E-state index contributed by atoms with van der Waals surface area (Å²) in [5.41, 5.74) is 5.64. The van der Waals surface area contributed by atoms with E-state index in [1.54, 1.807) is 31.2 Å². The molecule has 0 saturated carbocycles. The van der Waals surface area contributed by atoms with E-state index in [-0.39, 0.29) is 16.7 Å². The average molecular weight is 414 g/mol. The molecule has 0 saturated heterocycles. The number of rotatable bonds is 2. The van der Waals surface area contributed by atoms with Crippen molar-refractivity contribution in [3.8, 4) is 22.4 Å². The van der Waals surface area contributed by atoms with E-state index in [1.165, 1.54) is 0 Å². The Hall–Kier alpha value is -3.46. The molecule has 0 aliphatic carbocycles. The average Bonchev–Trinajstić information content (AvgIpc) is 3.15. The van der Waals surface area contributed by atoms with Crippen LogP contribution >= 0.6 is 0 Å². The van der Waals surface area contributed by atoms with E-state index in [9.17, 15) is 0 Å². The van der Waals surface area contributed by atoms with Gasteiger partial charge in [0.1, 0.15) is 7.05 Å². The number of hydrogen-bond donors (Lipinski definition) is 0. The maximum atomic E-state index is 8.27. The molecule has 154 valence electrons. The third-order valence-electron chi connectivity index (χ3n) is 5.82. The fourth-order valence-electron chi connectivity index (χ4n) is 4.41. The zero-order chi connectivity index (χ0) is 26.9. The van der Waals surface area contributed by atoms with Gasteiger partial charge in [-0.25, -0.2) is 9.55 Å². The summed E-state index contributed by atoms with van der Waals surface area (Å²) in [4.78, 5) is 4.56. The Kier molecular flexibility index (Phi) is 3.13. The van der Waals surface area contributed by atoms with Crippen molar-refractivity contribution < 1.29 is 17.2 Å². The molecule has 0 bridgehead atoms. The van der Waals surface area contributed by atoms with E-state index in [1.807, 2.05) is 55.9 Å². The van der Waals surface area contributed by atoms with Crippen LogP contribution in [0.5, 0.6) is 0 Å². The molecular weight excluding hydrogens is 380 g/mol. The van der Waals surface area contributed by atoms with Crippen LogP contribution in [-0.4, -0.2) is 4.98 Å². The third-order valence-corrected chi connectivity index (χ3v) is 5.82. The van der Waals surface area contributed by atoms with Crippen LogP contribution in [0.15, 0.2) is 59.1 Å². The van der Waals surface area contributed by atoms with Crippen molar-refractivity contribution in [3.63, 3.8) is 0 Å². The minimum absolute atomic E-state index is 0.0119. The number of aromatic nitrogens is 2. The van der Waals surface area contributed by atoms with Crippen molar-refractivity contribution in [2.24, 2.45) is 7.05 Å². The Balaban J connectivity index is 1.96. The van der Waals surface area contributed by atoms with E-state index < -0.39 is 13.7 Å². The van der Waals surface area contributed by atoms with Crippen molar-refractivity contribution in [1.29, 1.82) is 0 Å². The second kappa shape index (κ2) is 7.05. The van der Waals surface area contributed by atoms with Crippen LogP contribution in [0.25, 0.3) is 44.5 Å². The van der Waals surface area contributed by atoms with Crippen molar-refractivity contribution in [1.82, 2.24) is 4.98 Å². The largest absolute Gasteiger partial charge is 0.437 e. The molecule has 0 unspecified atom stereocenters. The van der Waals surface area contributed by atoms with Crippen molar-refractivity contribution >= 4 is 22.1 Å². The van der Waals surface area contributed by atoms with E-state index in [0.717, 1.165) is 27.6 Å². The fraction of sp³-hybridized carbons (Fsp3) is 0.214. The van der Waals surface area contributed by atoms with Crippen molar-refractivity contribution in [2.45, 2.75) is 34.5 Å². The molecule has 5 rings (SSSR count). The highest BCUT2D eigenvalue weighted by molar-refractivity contribution is 6.09. The van der Waals surface area contributed by atoms with Crippen LogP contribution in [-0.2, 0) is 7.05 Å². The molecule has 3 nitrogen and oxygen atoms in total. The summed E-state index contributed by atoms with van der Waals surface area (Å²) in [7, 11) is 1.86. The Labute approximate surface area is 191 Å². The maximum Gasteiger partial charge on any atom is 0.227 e. The Morgan fingerprint density at radius 2 is 1.61 bits per heavy atom. The van der Waals surface area contributed by atoms with Gasteiger partial charge in [0.25, 0.3) is 0 Å². The molecule has 0 spiro atoms. The third kappa shape index (κ3) is 3.04. The van der Waals surface area contributed by atoms with Crippen molar-refractivity contribution in [3.05, 3.63) is 82.7 Å². The van der Waals surface area contributed by atoms with Crippen LogP contribution in [0.2, 0.25) is 0 Å². The molecule has 3 aromatic heterocycles. The molecule has 0 atom stereocenters. The molecule has 3 heteroatoms. The van der Waals surface area contributed by atoms with Gasteiger partial charge >= 0.3 is 0 Å². The first-order chi connectivity index (χ1) is 17.3. The smallest absolute Gasteiger partial charge is 0.227 e. The van der Waals surface area contributed by atoms with Gasteiger partial charge in [-0.05, 0) is 74.9 Å². The highest BCUT2D eigenvalue weighted by Crippen LogP contribution is 2.41. The highest BCUT2D eigenvalue weighted by atomic mass is 16.3. The minimum atomic E-state index is -2.52. The van der Waals surface area contributed by atoms with Crippen molar-refractivity contribution in [2.75, 3.05) is 0 Å². The first-order valence-corrected chi connectivity index (χ1v) is 10.2. The van der Waals surface area contributed by atoms with Crippen LogP contribution in [0, 0.1) is 34.5 Å². The predicted octanol–water partition coefficient (Wildman–Crippen LogP) is 6.68. The first-order valence-electron chi connectivity index (χ1n) is 13.2. The summed E-state index contributed by atoms with van der Waals surface area (Å²) in [6, 6.07) is 14.6. The summed E-state index contributed by atoms with van der Waals surface area (Å²) < 4.78 is 57.8. The number of hydrogen-bond acceptors (Lipinski definition) is 2. The first kappa shape index (κ1) is 13.8. The monoisotopic (exact) mass is 413 g/mol. The maximum absolute atomic E-state index is 8.27. The molecule has 0 amide bonds.